The maximum absolute atomic E-state index is 13.4. The van der Waals surface area contributed by atoms with Gasteiger partial charge < -0.3 is 20.3 Å². The number of anilines is 2. The smallest absolute Gasteiger partial charge is 0.410 e. The van der Waals surface area contributed by atoms with E-state index in [2.05, 4.69) is 29.4 Å². The first-order chi connectivity index (χ1) is 26.9. The molecule has 5 fully saturated rings. The fourth-order valence-corrected chi connectivity index (χ4v) is 9.91. The van der Waals surface area contributed by atoms with Crippen LogP contribution in [0.2, 0.25) is 0 Å². The maximum Gasteiger partial charge on any atom is 0.410 e. The van der Waals surface area contributed by atoms with Crippen LogP contribution < -0.4 is 20.9 Å². The van der Waals surface area contributed by atoms with E-state index < -0.39 is 41.2 Å². The minimum Gasteiger partial charge on any atom is -0.438 e. The van der Waals surface area contributed by atoms with Crippen molar-refractivity contribution in [1.82, 2.24) is 34.4 Å². The van der Waals surface area contributed by atoms with Gasteiger partial charge in [-0.3, -0.25) is 44.0 Å². The molecule has 0 bridgehead atoms. The summed E-state index contributed by atoms with van der Waals surface area (Å²) >= 11 is 1.36. The van der Waals surface area contributed by atoms with Gasteiger partial charge in [-0.2, -0.15) is 4.37 Å². The Hall–Kier alpha value is -5.49. The number of piperidine rings is 3. The molecule has 9 rings (SSSR count). The van der Waals surface area contributed by atoms with Gasteiger partial charge in [-0.15, -0.1) is 0 Å². The molecule has 1 aromatic carbocycles. The molecule has 6 amide bonds. The molecule has 18 heteroatoms. The number of benzene rings is 1. The molecule has 6 aliphatic rings. The second-order valence-electron chi connectivity index (χ2n) is 15.7. The molecule has 0 saturated carbocycles. The number of amides is 6. The lowest BCUT2D eigenvalue weighted by atomic mass is 9.88. The van der Waals surface area contributed by atoms with Crippen LogP contribution in [0.5, 0.6) is 0 Å². The van der Waals surface area contributed by atoms with E-state index in [4.69, 9.17) is 15.5 Å². The van der Waals surface area contributed by atoms with Crippen molar-refractivity contribution in [2.45, 2.75) is 75.6 Å². The van der Waals surface area contributed by atoms with E-state index >= 15 is 0 Å². The van der Waals surface area contributed by atoms with Crippen LogP contribution in [0.25, 0.3) is 0 Å². The molecule has 1 unspecified atom stereocenters. The zero-order chi connectivity index (χ0) is 38.9. The van der Waals surface area contributed by atoms with Crippen LogP contribution in [0.1, 0.15) is 86.0 Å². The van der Waals surface area contributed by atoms with Crippen molar-refractivity contribution in [2.75, 3.05) is 55.6 Å². The van der Waals surface area contributed by atoms with Gasteiger partial charge in [-0.05, 0) is 74.8 Å². The van der Waals surface area contributed by atoms with E-state index in [9.17, 15) is 28.8 Å². The fourth-order valence-electron chi connectivity index (χ4n) is 9.17. The van der Waals surface area contributed by atoms with Gasteiger partial charge in [0.15, 0.2) is 5.60 Å². The molecule has 0 radical (unpaired) electrons. The van der Waals surface area contributed by atoms with Crippen molar-refractivity contribution in [3.8, 4) is 0 Å². The van der Waals surface area contributed by atoms with Crippen LogP contribution in [-0.2, 0) is 20.7 Å². The van der Waals surface area contributed by atoms with Crippen LogP contribution in [-0.4, -0.2) is 134 Å². The summed E-state index contributed by atoms with van der Waals surface area (Å²) in [5, 5.41) is 2.23. The lowest BCUT2D eigenvalue weighted by molar-refractivity contribution is -0.136. The zero-order valence-electron chi connectivity index (χ0n) is 30.9. The number of imide groups is 2. The van der Waals surface area contributed by atoms with Gasteiger partial charge in [0, 0.05) is 68.7 Å². The Morgan fingerprint density at radius 1 is 0.964 bits per heavy atom. The average Bonchev–Trinajstić information content (AvgIpc) is 3.83. The van der Waals surface area contributed by atoms with Gasteiger partial charge >= 0.3 is 6.09 Å². The third-order valence-corrected chi connectivity index (χ3v) is 12.9. The molecule has 292 valence electrons. The molecule has 56 heavy (non-hydrogen) atoms. The van der Waals surface area contributed by atoms with E-state index in [0.717, 1.165) is 66.5 Å². The summed E-state index contributed by atoms with van der Waals surface area (Å²) < 4.78 is 10.4. The number of hydrogen-bond donors (Lipinski definition) is 2. The number of likely N-dealkylation sites (tertiary alicyclic amines) is 1. The van der Waals surface area contributed by atoms with E-state index in [1.165, 1.54) is 11.5 Å². The van der Waals surface area contributed by atoms with Crippen molar-refractivity contribution < 1.29 is 33.5 Å². The molecule has 6 aliphatic heterocycles. The molecule has 3 N–H and O–H groups in total. The number of hydrogen-bond acceptors (Lipinski definition) is 14. The molecule has 0 aliphatic carbocycles. The summed E-state index contributed by atoms with van der Waals surface area (Å²) in [7, 11) is 0. The number of rotatable bonds is 8. The molecule has 3 aromatic rings. The van der Waals surface area contributed by atoms with Crippen molar-refractivity contribution in [3.05, 3.63) is 63.5 Å². The molecular formula is C38H42N10O7S. The lowest BCUT2D eigenvalue weighted by Crippen LogP contribution is -2.67. The molecule has 5 saturated heterocycles. The van der Waals surface area contributed by atoms with E-state index in [1.807, 2.05) is 24.0 Å². The summed E-state index contributed by atoms with van der Waals surface area (Å²) in [5.41, 5.74) is 8.05. The van der Waals surface area contributed by atoms with Gasteiger partial charge in [0.1, 0.15) is 17.6 Å². The highest BCUT2D eigenvalue weighted by atomic mass is 32.1. The molecule has 1 spiro atoms. The highest BCUT2D eigenvalue weighted by molar-refractivity contribution is 7.05. The Bertz CT molecular complexity index is 2160. The molecule has 2 atom stereocenters. The number of aromatic nitrogens is 3. The minimum atomic E-state index is -0.996. The second-order valence-corrected chi connectivity index (χ2v) is 16.6. The van der Waals surface area contributed by atoms with Gasteiger partial charge in [-0.25, -0.2) is 14.8 Å². The summed E-state index contributed by atoms with van der Waals surface area (Å²) in [6.45, 7) is 6.62. The number of fused-ring (bicyclic) bond motifs is 1. The fraction of sp³-hybridized carbons (Fsp3) is 0.500. The van der Waals surface area contributed by atoms with Crippen LogP contribution >= 0.6 is 11.5 Å². The Morgan fingerprint density at radius 3 is 2.48 bits per heavy atom. The number of aryl methyl sites for hydroxylation is 1. The van der Waals surface area contributed by atoms with Crippen LogP contribution in [0.15, 0.2) is 30.5 Å². The minimum absolute atomic E-state index is 0.0521. The highest BCUT2D eigenvalue weighted by Crippen LogP contribution is 2.39. The summed E-state index contributed by atoms with van der Waals surface area (Å²) in [6.07, 6.45) is 5.38. The van der Waals surface area contributed by atoms with Gasteiger partial charge in [-0.1, -0.05) is 0 Å². The molecule has 8 heterocycles. The third kappa shape index (κ3) is 6.43. The number of carbonyl (C=O) groups is 6. The van der Waals surface area contributed by atoms with Crippen molar-refractivity contribution >= 4 is 58.7 Å². The van der Waals surface area contributed by atoms with E-state index in [0.29, 0.717) is 50.2 Å². The number of nitrogens with one attached hydrogen (secondary N) is 1. The largest absolute Gasteiger partial charge is 0.438 e. The monoisotopic (exact) mass is 782 g/mol. The third-order valence-electron chi connectivity index (χ3n) is 12.0. The summed E-state index contributed by atoms with van der Waals surface area (Å²) in [5.74, 6) is -2.03. The van der Waals surface area contributed by atoms with E-state index in [1.54, 1.807) is 18.3 Å². The first-order valence-electron chi connectivity index (χ1n) is 19.1. The van der Waals surface area contributed by atoms with E-state index in [-0.39, 0.29) is 41.8 Å². The number of nitrogens with two attached hydrogens (primary N) is 1. The quantitative estimate of drug-likeness (QED) is 0.311. The number of primary amides is 1. The predicted molar refractivity (Wildman–Crippen MR) is 201 cm³/mol. The van der Waals surface area contributed by atoms with Crippen molar-refractivity contribution in [3.63, 3.8) is 0 Å². The normalized spacial score (nSPS) is 24.1. The Labute approximate surface area is 326 Å². The Kier molecular flexibility index (Phi) is 8.99. The van der Waals surface area contributed by atoms with Crippen LogP contribution in [0.4, 0.5) is 16.3 Å². The number of carbonyl (C=O) groups excluding carboxylic acids is 6. The van der Waals surface area contributed by atoms with Crippen molar-refractivity contribution in [1.29, 1.82) is 0 Å². The Balaban J connectivity index is 0.792. The van der Waals surface area contributed by atoms with Crippen LogP contribution in [0, 0.1) is 6.92 Å². The standard InChI is InChI=1S/C38H42N10O7S/c1-21-13-25(56-43-21)15-28-32(33(39)50)40-16-30(41-28)45-10-2-3-24(17-45)47-20-38(55-37(47)54)18-46(19-38)22-8-11-44(12-9-22)23-4-5-26-27(14-23)36(53)48(35(26)52)29-6-7-31(49)42-34(29)51/h4-5,13-14,16,22,24,29H,2-3,6-12,15,17-20H2,1H3,(H2,39,50)(H,42,49,51)/t24-,29?/m1/s1. The SMILES string of the molecule is Cc1cc(Cc2nc(N3CCC[C@@H](N4CC5(CN(C6CCN(c7ccc8c(c7)C(=O)N(C7CCC(=O)NC7=O)C8=O)CC6)C5)OC4=O)C3)cnc2C(N)=O)sn1. The lowest BCUT2D eigenvalue weighted by Gasteiger charge is -2.51. The molecular weight excluding hydrogens is 741 g/mol. The number of ether oxygens (including phenoxy) is 1. The molecule has 17 nitrogen and oxygen atoms in total. The molecule has 2 aromatic heterocycles. The first kappa shape index (κ1) is 36.2. The predicted octanol–water partition coefficient (Wildman–Crippen LogP) is 1.48. The van der Waals surface area contributed by atoms with Gasteiger partial charge in [0.05, 0.1) is 41.3 Å². The topological polar surface area (TPSA) is 205 Å². The first-order valence-corrected chi connectivity index (χ1v) is 19.9. The highest BCUT2D eigenvalue weighted by Gasteiger charge is 2.56. The maximum atomic E-state index is 13.4. The summed E-state index contributed by atoms with van der Waals surface area (Å²) in [4.78, 5) is 95.9. The summed E-state index contributed by atoms with van der Waals surface area (Å²) in [6, 6.07) is 6.48. The second kappa shape index (κ2) is 13.9. The average molecular weight is 783 g/mol. The Morgan fingerprint density at radius 2 is 1.75 bits per heavy atom. The van der Waals surface area contributed by atoms with Gasteiger partial charge in [0.2, 0.25) is 11.8 Å². The number of nitrogens with zero attached hydrogens (tertiary/aromatic N) is 8. The van der Waals surface area contributed by atoms with Gasteiger partial charge in [0.25, 0.3) is 17.7 Å². The van der Waals surface area contributed by atoms with Crippen molar-refractivity contribution in [2.24, 2.45) is 5.73 Å². The van der Waals surface area contributed by atoms with Crippen LogP contribution in [0.3, 0.4) is 0 Å². The zero-order valence-corrected chi connectivity index (χ0v) is 31.8.